The molecule has 0 aromatic heterocycles. The summed E-state index contributed by atoms with van der Waals surface area (Å²) in [7, 11) is 0. The van der Waals surface area contributed by atoms with Crippen LogP contribution in [0.1, 0.15) is 51.4 Å². The van der Waals surface area contributed by atoms with Gasteiger partial charge in [0, 0.05) is 32.1 Å². The van der Waals surface area contributed by atoms with Gasteiger partial charge in [-0.25, -0.2) is 0 Å². The average Bonchev–Trinajstić information content (AvgIpc) is 2.41. The highest BCUT2D eigenvalue weighted by Crippen LogP contribution is 2.28. The van der Waals surface area contributed by atoms with Gasteiger partial charge < -0.3 is 16.0 Å². The molecule has 1 unspecified atom stereocenters. The number of carbonyl (C=O) groups is 1. The van der Waals surface area contributed by atoms with E-state index < -0.39 is 0 Å². The molecule has 4 heteroatoms. The van der Waals surface area contributed by atoms with E-state index in [0.29, 0.717) is 13.0 Å². The minimum atomic E-state index is 0.162. The summed E-state index contributed by atoms with van der Waals surface area (Å²) in [5.74, 6) is 1.20. The van der Waals surface area contributed by atoms with Crippen LogP contribution in [0.3, 0.4) is 0 Å². The van der Waals surface area contributed by atoms with Gasteiger partial charge in [0.2, 0.25) is 5.91 Å². The molecular formula is C15H29N3O. The SMILES string of the molecule is NCC(CC(=O)N1CCCCC1)NCCC1CCC1. The van der Waals surface area contributed by atoms with Crippen LogP contribution in [-0.2, 0) is 4.79 Å². The Morgan fingerprint density at radius 3 is 2.53 bits per heavy atom. The summed E-state index contributed by atoms with van der Waals surface area (Å²) >= 11 is 0. The summed E-state index contributed by atoms with van der Waals surface area (Å²) in [6.07, 6.45) is 9.59. The zero-order valence-corrected chi connectivity index (χ0v) is 12.1. The summed E-state index contributed by atoms with van der Waals surface area (Å²) in [6, 6.07) is 0.162. The normalized spacial score (nSPS) is 22.1. The van der Waals surface area contributed by atoms with Gasteiger partial charge in [-0.15, -0.1) is 0 Å². The molecule has 1 amide bonds. The third-order valence-corrected chi connectivity index (χ3v) is 4.62. The molecule has 2 aliphatic rings. The Bertz CT molecular complexity index is 273. The van der Waals surface area contributed by atoms with Crippen LogP contribution < -0.4 is 11.1 Å². The predicted octanol–water partition coefficient (Wildman–Crippen LogP) is 1.50. The van der Waals surface area contributed by atoms with Gasteiger partial charge in [0.05, 0.1) is 0 Å². The van der Waals surface area contributed by atoms with Gasteiger partial charge >= 0.3 is 0 Å². The molecule has 1 atom stereocenters. The second kappa shape index (κ2) is 7.85. The number of amides is 1. The number of piperidine rings is 1. The van der Waals surface area contributed by atoms with E-state index in [-0.39, 0.29) is 11.9 Å². The number of nitrogens with two attached hydrogens (primary N) is 1. The monoisotopic (exact) mass is 267 g/mol. The first-order valence-electron chi connectivity index (χ1n) is 8.01. The van der Waals surface area contributed by atoms with Crippen molar-refractivity contribution in [3.63, 3.8) is 0 Å². The Labute approximate surface area is 117 Å². The molecule has 0 aromatic rings. The van der Waals surface area contributed by atoms with Gasteiger partial charge in [0.1, 0.15) is 0 Å². The fraction of sp³-hybridized carbons (Fsp3) is 0.933. The molecule has 19 heavy (non-hydrogen) atoms. The van der Waals surface area contributed by atoms with Crippen LogP contribution in [-0.4, -0.2) is 43.0 Å². The third-order valence-electron chi connectivity index (χ3n) is 4.62. The maximum atomic E-state index is 12.2. The molecule has 4 nitrogen and oxygen atoms in total. The van der Waals surface area contributed by atoms with Crippen molar-refractivity contribution >= 4 is 5.91 Å². The minimum absolute atomic E-state index is 0.162. The first-order valence-corrected chi connectivity index (χ1v) is 8.01. The molecule has 2 fully saturated rings. The lowest BCUT2D eigenvalue weighted by Crippen LogP contribution is -2.44. The van der Waals surface area contributed by atoms with E-state index in [0.717, 1.165) is 38.4 Å². The quantitative estimate of drug-likeness (QED) is 0.735. The van der Waals surface area contributed by atoms with E-state index in [1.807, 2.05) is 4.90 Å². The first kappa shape index (κ1) is 14.8. The molecule has 2 rings (SSSR count). The third kappa shape index (κ3) is 4.77. The van der Waals surface area contributed by atoms with Crippen molar-refractivity contribution in [3.8, 4) is 0 Å². The van der Waals surface area contributed by atoms with Crippen LogP contribution in [0.4, 0.5) is 0 Å². The highest BCUT2D eigenvalue weighted by Gasteiger charge is 2.21. The van der Waals surface area contributed by atoms with Gasteiger partial charge in [0.15, 0.2) is 0 Å². The molecule has 0 aromatic carbocycles. The average molecular weight is 267 g/mol. The van der Waals surface area contributed by atoms with Crippen LogP contribution in [0.15, 0.2) is 0 Å². The zero-order chi connectivity index (χ0) is 13.5. The van der Waals surface area contributed by atoms with Crippen LogP contribution in [0.25, 0.3) is 0 Å². The fourth-order valence-electron chi connectivity index (χ4n) is 3.00. The van der Waals surface area contributed by atoms with Crippen LogP contribution in [0.2, 0.25) is 0 Å². The standard InChI is InChI=1S/C15H29N3O/c16-12-14(17-8-7-13-5-4-6-13)11-15(19)18-9-2-1-3-10-18/h13-14,17H,1-12,16H2. The molecular weight excluding hydrogens is 238 g/mol. The summed E-state index contributed by atoms with van der Waals surface area (Å²) in [5.41, 5.74) is 5.78. The molecule has 3 N–H and O–H groups in total. The van der Waals surface area contributed by atoms with Gasteiger partial charge in [-0.1, -0.05) is 19.3 Å². The van der Waals surface area contributed by atoms with E-state index >= 15 is 0 Å². The number of nitrogens with one attached hydrogen (secondary N) is 1. The van der Waals surface area contributed by atoms with Crippen molar-refractivity contribution < 1.29 is 4.79 Å². The van der Waals surface area contributed by atoms with Crippen molar-refractivity contribution in [1.82, 2.24) is 10.2 Å². The van der Waals surface area contributed by atoms with Crippen molar-refractivity contribution in [2.75, 3.05) is 26.2 Å². The fourth-order valence-corrected chi connectivity index (χ4v) is 3.00. The molecule has 110 valence electrons. The van der Waals surface area contributed by atoms with E-state index in [2.05, 4.69) is 5.32 Å². The highest BCUT2D eigenvalue weighted by atomic mass is 16.2. The Balaban J connectivity index is 1.63. The summed E-state index contributed by atoms with van der Waals surface area (Å²) in [6.45, 7) is 3.46. The maximum Gasteiger partial charge on any atom is 0.224 e. The van der Waals surface area contributed by atoms with E-state index in [1.54, 1.807) is 0 Å². The van der Waals surface area contributed by atoms with Crippen LogP contribution in [0.5, 0.6) is 0 Å². The molecule has 0 radical (unpaired) electrons. The zero-order valence-electron chi connectivity index (χ0n) is 12.1. The Hall–Kier alpha value is -0.610. The summed E-state index contributed by atoms with van der Waals surface area (Å²) < 4.78 is 0. The minimum Gasteiger partial charge on any atom is -0.343 e. The molecule has 1 saturated carbocycles. The maximum absolute atomic E-state index is 12.2. The van der Waals surface area contributed by atoms with E-state index in [9.17, 15) is 4.79 Å². The van der Waals surface area contributed by atoms with Crippen molar-refractivity contribution in [2.24, 2.45) is 11.7 Å². The summed E-state index contributed by atoms with van der Waals surface area (Å²) in [4.78, 5) is 14.2. The van der Waals surface area contributed by atoms with Gasteiger partial charge in [-0.3, -0.25) is 4.79 Å². The van der Waals surface area contributed by atoms with Crippen molar-refractivity contribution in [2.45, 2.75) is 57.4 Å². The van der Waals surface area contributed by atoms with Gasteiger partial charge in [0.25, 0.3) is 0 Å². The van der Waals surface area contributed by atoms with Crippen LogP contribution >= 0.6 is 0 Å². The highest BCUT2D eigenvalue weighted by molar-refractivity contribution is 5.76. The molecule has 0 bridgehead atoms. The smallest absolute Gasteiger partial charge is 0.224 e. The van der Waals surface area contributed by atoms with E-state index in [4.69, 9.17) is 5.73 Å². The lowest BCUT2D eigenvalue weighted by molar-refractivity contribution is -0.132. The Morgan fingerprint density at radius 1 is 1.21 bits per heavy atom. The number of nitrogens with zero attached hydrogens (tertiary/aromatic N) is 1. The lowest BCUT2D eigenvalue weighted by Gasteiger charge is -2.29. The van der Waals surface area contributed by atoms with Crippen LogP contribution in [0, 0.1) is 5.92 Å². The van der Waals surface area contributed by atoms with Crippen molar-refractivity contribution in [3.05, 3.63) is 0 Å². The topological polar surface area (TPSA) is 58.4 Å². The predicted molar refractivity (Wildman–Crippen MR) is 77.9 cm³/mol. The lowest BCUT2D eigenvalue weighted by atomic mass is 9.83. The number of carbonyl (C=O) groups excluding carboxylic acids is 1. The Kier molecular flexibility index (Phi) is 6.11. The molecule has 0 spiro atoms. The van der Waals surface area contributed by atoms with E-state index in [1.165, 1.54) is 32.1 Å². The second-order valence-corrected chi connectivity index (χ2v) is 6.12. The molecule has 1 aliphatic carbocycles. The summed E-state index contributed by atoms with van der Waals surface area (Å²) in [5, 5.41) is 3.47. The van der Waals surface area contributed by atoms with Crippen molar-refractivity contribution in [1.29, 1.82) is 0 Å². The Morgan fingerprint density at radius 2 is 1.95 bits per heavy atom. The number of hydrogen-bond donors (Lipinski definition) is 2. The number of rotatable bonds is 7. The first-order chi connectivity index (χ1) is 9.29. The molecule has 1 saturated heterocycles. The number of hydrogen-bond acceptors (Lipinski definition) is 3. The second-order valence-electron chi connectivity index (χ2n) is 6.12. The largest absolute Gasteiger partial charge is 0.343 e. The number of likely N-dealkylation sites (tertiary alicyclic amines) is 1. The van der Waals surface area contributed by atoms with Gasteiger partial charge in [-0.05, 0) is 38.1 Å². The van der Waals surface area contributed by atoms with Gasteiger partial charge in [-0.2, -0.15) is 0 Å². The molecule has 1 heterocycles. The molecule has 1 aliphatic heterocycles.